The number of aromatic nitrogens is 1. The number of nitrogens with zero attached hydrogens (tertiary/aromatic N) is 2. The number of benzene rings is 1. The summed E-state index contributed by atoms with van der Waals surface area (Å²) in [5, 5.41) is 4.88. The highest BCUT2D eigenvalue weighted by Crippen LogP contribution is 2.45. The highest BCUT2D eigenvalue weighted by molar-refractivity contribution is 5.89. The molecule has 4 heteroatoms. The maximum Gasteiger partial charge on any atom is 0.224 e. The van der Waals surface area contributed by atoms with Crippen LogP contribution in [0.15, 0.2) is 24.4 Å². The summed E-state index contributed by atoms with van der Waals surface area (Å²) >= 11 is 0. The first-order valence-electron chi connectivity index (χ1n) is 12.1. The van der Waals surface area contributed by atoms with Gasteiger partial charge in [0.05, 0.1) is 5.92 Å². The molecule has 1 amide bonds. The summed E-state index contributed by atoms with van der Waals surface area (Å²) in [6.07, 6.45) is 10.7. The van der Waals surface area contributed by atoms with Gasteiger partial charge in [0.1, 0.15) is 0 Å². The third-order valence-corrected chi connectivity index (χ3v) is 7.81. The molecule has 2 aliphatic carbocycles. The number of hydrogen-bond acceptors (Lipinski definition) is 2. The van der Waals surface area contributed by atoms with Crippen molar-refractivity contribution in [2.75, 3.05) is 13.6 Å². The van der Waals surface area contributed by atoms with Gasteiger partial charge in [-0.3, -0.25) is 4.79 Å². The zero-order valence-corrected chi connectivity index (χ0v) is 18.9. The van der Waals surface area contributed by atoms with Crippen LogP contribution in [0.5, 0.6) is 0 Å². The molecule has 1 aromatic carbocycles. The summed E-state index contributed by atoms with van der Waals surface area (Å²) in [7, 11) is 2.23. The van der Waals surface area contributed by atoms with Crippen molar-refractivity contribution >= 4 is 16.8 Å². The molecule has 1 saturated carbocycles. The number of rotatable bonds is 4. The van der Waals surface area contributed by atoms with Crippen LogP contribution >= 0.6 is 0 Å². The number of likely N-dealkylation sites (tertiary alicyclic amines) is 1. The fourth-order valence-corrected chi connectivity index (χ4v) is 6.42. The summed E-state index contributed by atoms with van der Waals surface area (Å²) in [6, 6.07) is 7.76. The van der Waals surface area contributed by atoms with Crippen molar-refractivity contribution in [3.05, 3.63) is 35.5 Å². The monoisotopic (exact) mass is 407 g/mol. The molecular formula is C26H37N3O. The van der Waals surface area contributed by atoms with E-state index in [-0.39, 0.29) is 5.92 Å². The highest BCUT2D eigenvalue weighted by Gasteiger charge is 2.42. The molecule has 30 heavy (non-hydrogen) atoms. The molecule has 0 unspecified atom stereocenters. The molecule has 4 nitrogen and oxygen atoms in total. The third-order valence-electron chi connectivity index (χ3n) is 7.81. The lowest BCUT2D eigenvalue weighted by Crippen LogP contribution is -2.52. The Morgan fingerprint density at radius 1 is 1.20 bits per heavy atom. The van der Waals surface area contributed by atoms with Gasteiger partial charge >= 0.3 is 0 Å². The zero-order valence-electron chi connectivity index (χ0n) is 18.9. The van der Waals surface area contributed by atoms with Crippen LogP contribution in [0, 0.1) is 11.8 Å². The van der Waals surface area contributed by atoms with Crippen molar-refractivity contribution in [2.24, 2.45) is 11.8 Å². The fraction of sp³-hybridized carbons (Fsp3) is 0.654. The van der Waals surface area contributed by atoms with Crippen LogP contribution in [-0.2, 0) is 17.8 Å². The van der Waals surface area contributed by atoms with Crippen LogP contribution in [0.2, 0.25) is 0 Å². The van der Waals surface area contributed by atoms with Gasteiger partial charge in [-0.05, 0) is 55.8 Å². The Morgan fingerprint density at radius 3 is 2.77 bits per heavy atom. The molecule has 0 bridgehead atoms. The van der Waals surface area contributed by atoms with Gasteiger partial charge in [0.2, 0.25) is 5.91 Å². The van der Waals surface area contributed by atoms with Crippen molar-refractivity contribution in [1.82, 2.24) is 14.8 Å². The number of piperidine rings is 1. The summed E-state index contributed by atoms with van der Waals surface area (Å²) < 4.78 is 2.46. The molecule has 3 atom stereocenters. The lowest BCUT2D eigenvalue weighted by molar-refractivity contribution is -0.128. The second-order valence-corrected chi connectivity index (χ2v) is 10.5. The molecule has 2 heterocycles. The van der Waals surface area contributed by atoms with Crippen LogP contribution in [0.25, 0.3) is 10.9 Å². The number of nitrogens with one attached hydrogen (secondary N) is 1. The van der Waals surface area contributed by atoms with Gasteiger partial charge in [0.15, 0.2) is 0 Å². The Morgan fingerprint density at radius 2 is 2.00 bits per heavy atom. The van der Waals surface area contributed by atoms with Crippen molar-refractivity contribution < 1.29 is 4.79 Å². The number of amides is 1. The van der Waals surface area contributed by atoms with Crippen molar-refractivity contribution in [2.45, 2.75) is 83.3 Å². The van der Waals surface area contributed by atoms with E-state index in [0.29, 0.717) is 29.8 Å². The molecule has 0 spiro atoms. The Labute approximate surface area is 181 Å². The fourth-order valence-electron chi connectivity index (χ4n) is 6.42. The molecule has 5 rings (SSSR count). The van der Waals surface area contributed by atoms with Crippen LogP contribution < -0.4 is 5.32 Å². The standard InChI is InChI=1S/C26H37N3O/c1-17(2)14-29-16-18-13-24-22(21-10-7-11-23(29)25(18)21)12-19(15-28(24)3)26(30)27-20-8-5-4-6-9-20/h7,10-11,16-17,19-20,22,24H,4-6,8-9,12-15H2,1-3H3,(H,27,30)/t19-,22-,24-/m1/s1. The number of hydrogen-bond donors (Lipinski definition) is 1. The predicted octanol–water partition coefficient (Wildman–Crippen LogP) is 4.71. The maximum atomic E-state index is 13.2. The molecule has 1 N–H and O–H groups in total. The Balaban J connectivity index is 1.42. The topological polar surface area (TPSA) is 37.3 Å². The van der Waals surface area contributed by atoms with E-state index in [1.807, 2.05) is 0 Å². The van der Waals surface area contributed by atoms with Gasteiger partial charge in [-0.1, -0.05) is 45.2 Å². The quantitative estimate of drug-likeness (QED) is 0.797. The van der Waals surface area contributed by atoms with E-state index in [2.05, 4.69) is 60.1 Å². The first kappa shape index (κ1) is 20.1. The Hall–Kier alpha value is -1.81. The van der Waals surface area contributed by atoms with Crippen LogP contribution in [0.3, 0.4) is 0 Å². The lowest BCUT2D eigenvalue weighted by Gasteiger charge is -2.45. The van der Waals surface area contributed by atoms with E-state index < -0.39 is 0 Å². The molecular weight excluding hydrogens is 370 g/mol. The second-order valence-electron chi connectivity index (χ2n) is 10.5. The number of fused-ring (bicyclic) bond motifs is 2. The minimum atomic E-state index is 0.104. The molecule has 2 aromatic rings. The minimum absolute atomic E-state index is 0.104. The molecule has 162 valence electrons. The third kappa shape index (κ3) is 3.57. The summed E-state index contributed by atoms with van der Waals surface area (Å²) in [4.78, 5) is 15.6. The largest absolute Gasteiger partial charge is 0.353 e. The molecule has 3 aliphatic rings. The van der Waals surface area contributed by atoms with E-state index in [0.717, 1.165) is 38.8 Å². The average molecular weight is 408 g/mol. The van der Waals surface area contributed by atoms with Crippen LogP contribution in [0.1, 0.15) is 69.4 Å². The normalized spacial score (nSPS) is 27.4. The first-order valence-corrected chi connectivity index (χ1v) is 12.1. The van der Waals surface area contributed by atoms with Gasteiger partial charge < -0.3 is 14.8 Å². The van der Waals surface area contributed by atoms with Gasteiger partial charge in [-0.25, -0.2) is 0 Å². The number of carbonyl (C=O) groups is 1. The molecule has 2 fully saturated rings. The van der Waals surface area contributed by atoms with E-state index in [4.69, 9.17) is 0 Å². The minimum Gasteiger partial charge on any atom is -0.353 e. The first-order chi connectivity index (χ1) is 14.5. The molecule has 1 aliphatic heterocycles. The van der Waals surface area contributed by atoms with Crippen LogP contribution in [-0.4, -0.2) is 41.1 Å². The average Bonchev–Trinajstić information content (AvgIpc) is 3.07. The van der Waals surface area contributed by atoms with E-state index >= 15 is 0 Å². The van der Waals surface area contributed by atoms with Crippen molar-refractivity contribution in [1.29, 1.82) is 0 Å². The Kier molecular flexibility index (Phi) is 5.38. The maximum absolute atomic E-state index is 13.2. The molecule has 0 radical (unpaired) electrons. The predicted molar refractivity (Wildman–Crippen MR) is 123 cm³/mol. The highest BCUT2D eigenvalue weighted by atomic mass is 16.2. The van der Waals surface area contributed by atoms with Crippen molar-refractivity contribution in [3.63, 3.8) is 0 Å². The van der Waals surface area contributed by atoms with Gasteiger partial charge in [0, 0.05) is 48.2 Å². The number of carbonyl (C=O) groups excluding carboxylic acids is 1. The molecule has 1 saturated heterocycles. The lowest BCUT2D eigenvalue weighted by atomic mass is 9.72. The molecule has 1 aromatic heterocycles. The smallest absolute Gasteiger partial charge is 0.224 e. The second kappa shape index (κ2) is 8.03. The van der Waals surface area contributed by atoms with Crippen LogP contribution in [0.4, 0.5) is 0 Å². The van der Waals surface area contributed by atoms with E-state index in [1.54, 1.807) is 0 Å². The van der Waals surface area contributed by atoms with E-state index in [1.165, 1.54) is 41.3 Å². The number of likely N-dealkylation sites (N-methyl/N-ethyl adjacent to an activating group) is 1. The summed E-state index contributed by atoms with van der Waals surface area (Å²) in [6.45, 7) is 6.53. The van der Waals surface area contributed by atoms with Gasteiger partial charge in [0.25, 0.3) is 0 Å². The van der Waals surface area contributed by atoms with Crippen molar-refractivity contribution in [3.8, 4) is 0 Å². The Bertz CT molecular complexity index is 924. The zero-order chi connectivity index (χ0) is 20.8. The summed E-state index contributed by atoms with van der Waals surface area (Å²) in [5.74, 6) is 1.49. The van der Waals surface area contributed by atoms with Gasteiger partial charge in [-0.2, -0.15) is 0 Å². The summed E-state index contributed by atoms with van der Waals surface area (Å²) in [5.41, 5.74) is 4.36. The van der Waals surface area contributed by atoms with Gasteiger partial charge in [-0.15, -0.1) is 0 Å². The van der Waals surface area contributed by atoms with E-state index in [9.17, 15) is 4.79 Å². The SMILES string of the molecule is CC(C)Cn1cc2c3c(cccc31)[C@H]1C[C@@H](C(=O)NC3CCCCC3)CN(C)[C@@H]1C2.